The van der Waals surface area contributed by atoms with E-state index < -0.39 is 23.5 Å². The summed E-state index contributed by atoms with van der Waals surface area (Å²) in [7, 11) is 0. The molecular weight excluding hydrogens is 555 g/mol. The van der Waals surface area contributed by atoms with Gasteiger partial charge in [0.2, 0.25) is 5.13 Å². The van der Waals surface area contributed by atoms with Gasteiger partial charge in [-0.25, -0.2) is 0 Å². The average molecular weight is 578 g/mol. The van der Waals surface area contributed by atoms with Gasteiger partial charge in [0.1, 0.15) is 5.75 Å². The Morgan fingerprint density at radius 1 is 0.927 bits per heavy atom. The molecule has 202 valence electrons. The molecule has 41 heavy (non-hydrogen) atoms. The number of aromatic nitrogens is 2. The molecule has 4 aromatic carbocycles. The summed E-state index contributed by atoms with van der Waals surface area (Å²) in [6.07, 6.45) is 2.96. The molecule has 1 aliphatic heterocycles. The molecule has 7 nitrogen and oxygen atoms in total. The summed E-state index contributed by atoms with van der Waals surface area (Å²) in [5, 5.41) is 32.2. The lowest BCUT2D eigenvalue weighted by molar-refractivity contribution is -0.117. The summed E-state index contributed by atoms with van der Waals surface area (Å²) >= 11 is 2.70. The van der Waals surface area contributed by atoms with Gasteiger partial charge in [-0.2, -0.15) is 0 Å². The Morgan fingerprint density at radius 2 is 1.68 bits per heavy atom. The fourth-order valence-electron chi connectivity index (χ4n) is 4.81. The monoisotopic (exact) mass is 577 g/mol. The molecule has 0 saturated carbocycles. The molecule has 9 heteroatoms. The van der Waals surface area contributed by atoms with Gasteiger partial charge >= 0.3 is 0 Å². The maximum Gasteiger partial charge on any atom is 0.296 e. The molecule has 1 aromatic heterocycles. The van der Waals surface area contributed by atoms with E-state index in [-0.39, 0.29) is 16.5 Å². The highest BCUT2D eigenvalue weighted by Crippen LogP contribution is 2.44. The van der Waals surface area contributed by atoms with E-state index >= 15 is 0 Å². The number of aliphatic hydroxyl groups is 1. The van der Waals surface area contributed by atoms with Crippen LogP contribution in [0.2, 0.25) is 0 Å². The predicted octanol–water partition coefficient (Wildman–Crippen LogP) is 6.87. The molecule has 1 aliphatic rings. The van der Waals surface area contributed by atoms with Crippen molar-refractivity contribution in [3.63, 3.8) is 0 Å². The van der Waals surface area contributed by atoms with Gasteiger partial charge in [0.05, 0.1) is 11.6 Å². The number of nitrogens with zero attached hydrogens (tertiary/aromatic N) is 3. The number of aliphatic hydroxyl groups excluding tert-OH is 1. The van der Waals surface area contributed by atoms with Crippen molar-refractivity contribution in [2.75, 3.05) is 4.90 Å². The molecule has 0 spiro atoms. The molecule has 0 aliphatic carbocycles. The molecule has 5 aromatic rings. The second-order valence-electron chi connectivity index (χ2n) is 9.32. The number of fused-ring (bicyclic) bond motifs is 1. The number of ketones is 1. The molecule has 2 heterocycles. The van der Waals surface area contributed by atoms with E-state index in [2.05, 4.69) is 34.5 Å². The highest BCUT2D eigenvalue weighted by Gasteiger charge is 2.45. The fraction of sp³-hybridized carbons (Fsp3) is 0.0625. The van der Waals surface area contributed by atoms with E-state index in [0.717, 1.165) is 21.9 Å². The number of phenolic OH excluding ortho intramolecular Hbond substituents is 1. The van der Waals surface area contributed by atoms with Gasteiger partial charge in [0.25, 0.3) is 5.91 Å². The van der Waals surface area contributed by atoms with Gasteiger partial charge in [-0.3, -0.25) is 14.5 Å². The number of aromatic hydroxyl groups is 1. The van der Waals surface area contributed by atoms with Crippen molar-refractivity contribution >= 4 is 56.8 Å². The first-order valence-electron chi connectivity index (χ1n) is 12.8. The van der Waals surface area contributed by atoms with E-state index in [1.54, 1.807) is 18.2 Å². The Kier molecular flexibility index (Phi) is 7.37. The zero-order valence-electron chi connectivity index (χ0n) is 21.5. The number of carbonyl (C=O) groups is 2. The van der Waals surface area contributed by atoms with Gasteiger partial charge < -0.3 is 10.2 Å². The van der Waals surface area contributed by atoms with E-state index in [4.69, 9.17) is 0 Å². The van der Waals surface area contributed by atoms with Crippen molar-refractivity contribution in [3.8, 4) is 5.75 Å². The molecule has 0 fully saturated rings. The molecule has 1 atom stereocenters. The number of rotatable bonds is 8. The number of hydrogen-bond acceptors (Lipinski definition) is 8. The summed E-state index contributed by atoms with van der Waals surface area (Å²) in [6.45, 7) is 0. The number of amides is 1. The minimum Gasteiger partial charge on any atom is -0.508 e. The largest absolute Gasteiger partial charge is 0.508 e. The number of thioether (sulfide) groups is 1. The summed E-state index contributed by atoms with van der Waals surface area (Å²) in [6, 6.07) is 28.9. The summed E-state index contributed by atoms with van der Waals surface area (Å²) in [4.78, 5) is 28.1. The third kappa shape index (κ3) is 5.37. The number of allylic oxidation sites excluding steroid dienone is 1. The van der Waals surface area contributed by atoms with Crippen LogP contribution in [0.4, 0.5) is 5.13 Å². The normalized spacial score (nSPS) is 15.4. The molecule has 1 amide bonds. The van der Waals surface area contributed by atoms with E-state index in [0.29, 0.717) is 15.7 Å². The van der Waals surface area contributed by atoms with Crippen molar-refractivity contribution in [3.05, 3.63) is 131 Å². The Bertz CT molecular complexity index is 1830. The standard InChI is InChI=1S/C32H23N3O4S2/c36-24-14-7-12-22(18-24)28-27(26(37)17-16-20-8-2-1-3-9-20)29(38)30(39)35(28)31-33-34-32(41-31)40-19-23-13-6-11-21-10-4-5-15-25(21)23/h1-18,28,36,38H,19H2. The van der Waals surface area contributed by atoms with E-state index in [1.165, 1.54) is 46.2 Å². The maximum atomic E-state index is 13.4. The van der Waals surface area contributed by atoms with Gasteiger partial charge in [-0.1, -0.05) is 114 Å². The molecule has 6 rings (SSSR count). The van der Waals surface area contributed by atoms with Crippen LogP contribution in [0.1, 0.15) is 22.7 Å². The van der Waals surface area contributed by atoms with Crippen molar-refractivity contribution in [2.45, 2.75) is 16.1 Å². The van der Waals surface area contributed by atoms with Crippen LogP contribution in [0.3, 0.4) is 0 Å². The summed E-state index contributed by atoms with van der Waals surface area (Å²) in [5.41, 5.74) is 2.32. The second kappa shape index (κ2) is 11.4. The Morgan fingerprint density at radius 3 is 2.51 bits per heavy atom. The van der Waals surface area contributed by atoms with E-state index in [1.807, 2.05) is 48.5 Å². The van der Waals surface area contributed by atoms with Gasteiger partial charge in [0, 0.05) is 5.75 Å². The van der Waals surface area contributed by atoms with Crippen LogP contribution in [-0.4, -0.2) is 32.1 Å². The van der Waals surface area contributed by atoms with Gasteiger partial charge in [-0.05, 0) is 45.7 Å². The van der Waals surface area contributed by atoms with Crippen LogP contribution in [0.5, 0.6) is 5.75 Å². The topological polar surface area (TPSA) is 104 Å². The maximum absolute atomic E-state index is 13.4. The Labute approximate surface area is 244 Å². The zero-order valence-corrected chi connectivity index (χ0v) is 23.2. The number of hydrogen-bond donors (Lipinski definition) is 2. The smallest absolute Gasteiger partial charge is 0.296 e. The molecule has 1 unspecified atom stereocenters. The molecule has 0 saturated heterocycles. The summed E-state index contributed by atoms with van der Waals surface area (Å²) < 4.78 is 0.638. The molecular formula is C32H23N3O4S2. The third-order valence-electron chi connectivity index (χ3n) is 6.72. The number of anilines is 1. The summed E-state index contributed by atoms with van der Waals surface area (Å²) in [5.74, 6) is -1.31. The minimum absolute atomic E-state index is 0.0310. The molecule has 0 radical (unpaired) electrons. The van der Waals surface area contributed by atoms with Gasteiger partial charge in [-0.15, -0.1) is 10.2 Å². The first kappa shape index (κ1) is 26.5. The third-order valence-corrected chi connectivity index (χ3v) is 8.82. The lowest BCUT2D eigenvalue weighted by Gasteiger charge is -2.23. The Hall–Kier alpha value is -4.73. The first-order chi connectivity index (χ1) is 20.0. The number of benzene rings is 4. The van der Waals surface area contributed by atoms with Crippen molar-refractivity contribution in [1.82, 2.24) is 10.2 Å². The van der Waals surface area contributed by atoms with Crippen LogP contribution >= 0.6 is 23.1 Å². The van der Waals surface area contributed by atoms with Crippen LogP contribution < -0.4 is 4.90 Å². The van der Waals surface area contributed by atoms with Crippen molar-refractivity contribution < 1.29 is 19.8 Å². The lowest BCUT2D eigenvalue weighted by Crippen LogP contribution is -2.30. The van der Waals surface area contributed by atoms with Gasteiger partial charge in [0.15, 0.2) is 15.9 Å². The molecule has 2 N–H and O–H groups in total. The highest BCUT2D eigenvalue weighted by atomic mass is 32.2. The first-order valence-corrected chi connectivity index (χ1v) is 14.6. The van der Waals surface area contributed by atoms with Crippen LogP contribution in [0, 0.1) is 0 Å². The van der Waals surface area contributed by atoms with Crippen LogP contribution in [0.25, 0.3) is 16.8 Å². The predicted molar refractivity (Wildman–Crippen MR) is 162 cm³/mol. The minimum atomic E-state index is -0.994. The SMILES string of the molecule is O=C(C=Cc1ccccc1)C1=C(O)C(=O)N(c2nnc(SCc3cccc4ccccc34)s2)C1c1cccc(O)c1. The highest BCUT2D eigenvalue weighted by molar-refractivity contribution is 8.00. The lowest BCUT2D eigenvalue weighted by atomic mass is 9.95. The number of carbonyl (C=O) groups excluding carboxylic acids is 2. The van der Waals surface area contributed by atoms with Crippen molar-refractivity contribution in [1.29, 1.82) is 0 Å². The molecule has 0 bridgehead atoms. The zero-order chi connectivity index (χ0) is 28.3. The van der Waals surface area contributed by atoms with Crippen LogP contribution in [0.15, 0.2) is 119 Å². The second-order valence-corrected chi connectivity index (χ2v) is 11.5. The number of phenols is 1. The van der Waals surface area contributed by atoms with Crippen LogP contribution in [-0.2, 0) is 15.3 Å². The van der Waals surface area contributed by atoms with Crippen molar-refractivity contribution in [2.24, 2.45) is 0 Å². The Balaban J connectivity index is 1.31. The van der Waals surface area contributed by atoms with E-state index in [9.17, 15) is 19.8 Å². The average Bonchev–Trinajstić information content (AvgIpc) is 3.57. The fourth-order valence-corrected chi connectivity index (χ4v) is 6.68. The quantitative estimate of drug-likeness (QED) is 0.118.